The molecule has 29 heavy (non-hydrogen) atoms. The molecule has 6 heteroatoms. The van der Waals surface area contributed by atoms with E-state index < -0.39 is 5.97 Å². The number of aliphatic hydroxyl groups is 1. The smallest absolute Gasteiger partial charge is 0.303 e. The Balaban J connectivity index is 0.000000396. The van der Waals surface area contributed by atoms with Gasteiger partial charge in [-0.2, -0.15) is 0 Å². The number of unbranched alkanes of at least 4 members (excludes halogenated alkanes) is 3. The number of methoxy groups -OCH3 is 1. The number of carboxylic acids is 1. The molecule has 1 aliphatic rings. The molecule has 0 unspecified atom stereocenters. The van der Waals surface area contributed by atoms with E-state index in [0.717, 1.165) is 38.6 Å². The van der Waals surface area contributed by atoms with E-state index in [1.165, 1.54) is 12.0 Å². The van der Waals surface area contributed by atoms with Crippen LogP contribution in [0.3, 0.4) is 0 Å². The summed E-state index contributed by atoms with van der Waals surface area (Å²) in [4.78, 5) is 12.1. The van der Waals surface area contributed by atoms with Crippen molar-refractivity contribution in [2.45, 2.75) is 76.7 Å². The van der Waals surface area contributed by atoms with Gasteiger partial charge in [0.2, 0.25) is 0 Å². The van der Waals surface area contributed by atoms with Gasteiger partial charge in [0.05, 0.1) is 25.4 Å². The van der Waals surface area contributed by atoms with Crippen LogP contribution in [0.5, 0.6) is 0 Å². The number of likely N-dealkylation sites (N-methyl/N-ethyl adjacent to an activating group) is 1. The normalized spacial score (nSPS) is 21.1. The summed E-state index contributed by atoms with van der Waals surface area (Å²) in [6.45, 7) is 4.26. The minimum Gasteiger partial charge on any atom is -0.481 e. The van der Waals surface area contributed by atoms with Crippen LogP contribution in [0.15, 0.2) is 30.3 Å². The Morgan fingerprint density at radius 2 is 1.90 bits per heavy atom. The topological polar surface area (TPSA) is 79.2 Å². The van der Waals surface area contributed by atoms with E-state index in [4.69, 9.17) is 14.6 Å². The molecule has 0 amide bonds. The summed E-state index contributed by atoms with van der Waals surface area (Å²) >= 11 is 0. The number of aliphatic hydroxyl groups excluding tert-OH is 1. The van der Waals surface area contributed by atoms with Crippen molar-refractivity contribution in [2.24, 2.45) is 0 Å². The molecule has 2 N–H and O–H groups in total. The monoisotopic (exact) mass is 409 g/mol. The highest BCUT2D eigenvalue weighted by atomic mass is 16.5. The maximum absolute atomic E-state index is 10.2. The maximum atomic E-state index is 10.2. The Labute approximate surface area is 175 Å². The van der Waals surface area contributed by atoms with E-state index in [-0.39, 0.29) is 18.2 Å². The number of nitrogens with zero attached hydrogens (tertiary/aromatic N) is 1. The Morgan fingerprint density at radius 3 is 2.52 bits per heavy atom. The van der Waals surface area contributed by atoms with E-state index in [1.54, 1.807) is 7.11 Å². The molecule has 1 aromatic carbocycles. The van der Waals surface area contributed by atoms with Crippen molar-refractivity contribution in [3.8, 4) is 0 Å². The minimum atomic E-state index is -0.675. The molecule has 6 nitrogen and oxygen atoms in total. The lowest BCUT2D eigenvalue weighted by molar-refractivity contribution is -0.137. The zero-order chi connectivity index (χ0) is 21.5. The van der Waals surface area contributed by atoms with Crippen LogP contribution in [-0.4, -0.2) is 66.6 Å². The lowest BCUT2D eigenvalue weighted by atomic mass is 10.2. The molecule has 0 aliphatic heterocycles. The third kappa shape index (κ3) is 11.3. The van der Waals surface area contributed by atoms with Gasteiger partial charge in [-0.15, -0.1) is 0 Å². The molecular formula is C23H39NO5. The van der Waals surface area contributed by atoms with Crippen molar-refractivity contribution in [3.05, 3.63) is 35.9 Å². The van der Waals surface area contributed by atoms with Gasteiger partial charge in [0.25, 0.3) is 0 Å². The lowest BCUT2D eigenvalue weighted by Gasteiger charge is -2.26. The number of hydrogen-bond acceptors (Lipinski definition) is 5. The molecule has 2 rings (SSSR count). The molecule has 3 atom stereocenters. The molecule has 0 heterocycles. The Morgan fingerprint density at radius 1 is 1.17 bits per heavy atom. The quantitative estimate of drug-likeness (QED) is 0.512. The molecular weight excluding hydrogens is 370 g/mol. The molecule has 0 saturated heterocycles. The van der Waals surface area contributed by atoms with Gasteiger partial charge in [-0.3, -0.25) is 9.69 Å². The van der Waals surface area contributed by atoms with E-state index in [1.807, 2.05) is 25.2 Å². The van der Waals surface area contributed by atoms with Crippen molar-refractivity contribution in [1.29, 1.82) is 0 Å². The third-order valence-electron chi connectivity index (χ3n) is 5.24. The molecule has 0 radical (unpaired) electrons. The summed E-state index contributed by atoms with van der Waals surface area (Å²) in [6.07, 6.45) is 5.99. The fourth-order valence-corrected chi connectivity index (χ4v) is 3.45. The molecule has 0 spiro atoms. The van der Waals surface area contributed by atoms with Gasteiger partial charge in [0.1, 0.15) is 0 Å². The van der Waals surface area contributed by atoms with Gasteiger partial charge in [0.15, 0.2) is 0 Å². The second-order valence-electron chi connectivity index (χ2n) is 7.70. The van der Waals surface area contributed by atoms with Crippen LogP contribution in [0.4, 0.5) is 0 Å². The van der Waals surface area contributed by atoms with E-state index in [9.17, 15) is 9.90 Å². The van der Waals surface area contributed by atoms with Crippen LogP contribution >= 0.6 is 0 Å². The maximum Gasteiger partial charge on any atom is 0.303 e. The molecule has 166 valence electrons. The highest BCUT2D eigenvalue weighted by molar-refractivity contribution is 5.66. The zero-order valence-electron chi connectivity index (χ0n) is 18.3. The summed E-state index contributed by atoms with van der Waals surface area (Å²) in [5, 5.41) is 18.4. The van der Waals surface area contributed by atoms with Crippen molar-refractivity contribution in [2.75, 3.05) is 27.3 Å². The van der Waals surface area contributed by atoms with E-state index in [0.29, 0.717) is 19.6 Å². The number of carbonyl (C=O) groups is 1. The van der Waals surface area contributed by atoms with Crippen molar-refractivity contribution >= 4 is 5.97 Å². The van der Waals surface area contributed by atoms with Crippen LogP contribution < -0.4 is 0 Å². The van der Waals surface area contributed by atoms with E-state index >= 15 is 0 Å². The Bertz CT molecular complexity index is 539. The third-order valence-corrected chi connectivity index (χ3v) is 5.24. The van der Waals surface area contributed by atoms with Crippen LogP contribution in [0.1, 0.15) is 57.4 Å². The fourth-order valence-electron chi connectivity index (χ4n) is 3.45. The van der Waals surface area contributed by atoms with Gasteiger partial charge in [-0.1, -0.05) is 56.5 Å². The Kier molecular flexibility index (Phi) is 13.6. The molecule has 1 saturated carbocycles. The molecule has 1 fully saturated rings. The van der Waals surface area contributed by atoms with E-state index in [2.05, 4.69) is 24.0 Å². The van der Waals surface area contributed by atoms with Crippen molar-refractivity contribution in [3.63, 3.8) is 0 Å². The number of carboxylic acid groups (broad SMARTS) is 1. The first kappa shape index (κ1) is 25.6. The van der Waals surface area contributed by atoms with Crippen LogP contribution in [0, 0.1) is 0 Å². The minimum absolute atomic E-state index is 0.139. The molecule has 1 aromatic rings. The van der Waals surface area contributed by atoms with Crippen molar-refractivity contribution in [1.82, 2.24) is 4.90 Å². The van der Waals surface area contributed by atoms with Gasteiger partial charge in [-0.05, 0) is 25.5 Å². The standard InChI is InChI=1S/C16H25NO3.C7H14O2/c1-17(8-9-19-2)15-10-14(11-16(15)18)20-12-13-6-4-3-5-7-13;1-2-3-4-5-6-7(8)9/h3-7,14-16,18H,8-12H2,1-2H3;2-6H2,1H3,(H,8,9)/t14-,15-,16-;/m1./s1. The molecule has 0 aromatic heterocycles. The predicted molar refractivity (Wildman–Crippen MR) is 115 cm³/mol. The highest BCUT2D eigenvalue weighted by Crippen LogP contribution is 2.27. The SMILES string of the molecule is CCCCCCC(=O)O.COCCN(C)[C@@H]1C[C@@H](OCc2ccccc2)C[C@H]1O. The molecule has 1 aliphatic carbocycles. The van der Waals surface area contributed by atoms with Gasteiger partial charge < -0.3 is 19.7 Å². The van der Waals surface area contributed by atoms with Crippen LogP contribution in [-0.2, 0) is 20.9 Å². The second kappa shape index (κ2) is 15.4. The number of ether oxygens (including phenoxy) is 2. The number of rotatable bonds is 12. The van der Waals surface area contributed by atoms with Crippen molar-refractivity contribution < 1.29 is 24.5 Å². The fraction of sp³-hybridized carbons (Fsp3) is 0.696. The second-order valence-corrected chi connectivity index (χ2v) is 7.70. The van der Waals surface area contributed by atoms with Crippen LogP contribution in [0.25, 0.3) is 0 Å². The largest absolute Gasteiger partial charge is 0.481 e. The summed E-state index contributed by atoms with van der Waals surface area (Å²) in [5.74, 6) is -0.675. The van der Waals surface area contributed by atoms with Gasteiger partial charge >= 0.3 is 5.97 Å². The van der Waals surface area contributed by atoms with Crippen LogP contribution in [0.2, 0.25) is 0 Å². The average Bonchev–Trinajstić information content (AvgIpc) is 3.10. The summed E-state index contributed by atoms with van der Waals surface area (Å²) in [6, 6.07) is 10.3. The Hall–Kier alpha value is -1.47. The lowest BCUT2D eigenvalue weighted by Crippen LogP contribution is -2.39. The first-order chi connectivity index (χ1) is 14.0. The average molecular weight is 410 g/mol. The number of aliphatic carboxylic acids is 1. The number of benzene rings is 1. The summed E-state index contributed by atoms with van der Waals surface area (Å²) in [7, 11) is 3.73. The first-order valence-corrected chi connectivity index (χ1v) is 10.7. The molecule has 0 bridgehead atoms. The summed E-state index contributed by atoms with van der Waals surface area (Å²) in [5.41, 5.74) is 1.18. The van der Waals surface area contributed by atoms with Gasteiger partial charge in [0, 0.05) is 32.5 Å². The zero-order valence-corrected chi connectivity index (χ0v) is 18.3. The van der Waals surface area contributed by atoms with Gasteiger partial charge in [-0.25, -0.2) is 0 Å². The highest BCUT2D eigenvalue weighted by Gasteiger charge is 2.35. The first-order valence-electron chi connectivity index (χ1n) is 10.7. The predicted octanol–water partition coefficient (Wildman–Crippen LogP) is 3.71. The number of hydrogen-bond donors (Lipinski definition) is 2. The summed E-state index contributed by atoms with van der Waals surface area (Å²) < 4.78 is 11.0.